The third-order valence-corrected chi connectivity index (χ3v) is 5.17. The Kier molecular flexibility index (Phi) is 7.86. The molecule has 2 rings (SSSR count). The molecule has 7 heteroatoms. The maximum Gasteiger partial charge on any atom is 0.229 e. The van der Waals surface area contributed by atoms with Crippen molar-refractivity contribution in [3.8, 4) is 5.75 Å². The second-order valence-corrected chi connectivity index (χ2v) is 9.10. The van der Waals surface area contributed by atoms with Crippen LogP contribution in [-0.4, -0.2) is 37.5 Å². The number of aromatic hydroxyl groups is 1. The van der Waals surface area contributed by atoms with Gasteiger partial charge in [0.2, 0.25) is 10.0 Å². The van der Waals surface area contributed by atoms with Crippen LogP contribution in [0.15, 0.2) is 42.5 Å². The molecule has 0 aromatic heterocycles. The van der Waals surface area contributed by atoms with Crippen molar-refractivity contribution in [2.24, 2.45) is 0 Å². The molecule has 0 aliphatic carbocycles. The summed E-state index contributed by atoms with van der Waals surface area (Å²) in [5.74, 6) is -0.182. The standard InChI is InChI=1S/C21H30N2O4S/c1-15-7-9-17(10-8-15)6-4-5-16(2)22-14-21(25)18-11-12-20(24)19(13-18)23-28(3,26)27/h7-13,16,21-25H,4-6,14H2,1-3H3/t16-,21+/m1/s1. The van der Waals surface area contributed by atoms with Gasteiger partial charge in [-0.15, -0.1) is 0 Å². The van der Waals surface area contributed by atoms with E-state index in [-0.39, 0.29) is 17.5 Å². The van der Waals surface area contributed by atoms with Crippen molar-refractivity contribution in [1.82, 2.24) is 5.32 Å². The molecule has 0 unspecified atom stereocenters. The molecule has 0 heterocycles. The number of rotatable bonds is 10. The first kappa shape index (κ1) is 22.2. The van der Waals surface area contributed by atoms with Crippen LogP contribution in [0.25, 0.3) is 0 Å². The lowest BCUT2D eigenvalue weighted by atomic mass is 10.0. The van der Waals surface area contributed by atoms with Gasteiger partial charge < -0.3 is 15.5 Å². The average molecular weight is 407 g/mol. The van der Waals surface area contributed by atoms with Crippen molar-refractivity contribution in [1.29, 1.82) is 0 Å². The molecular formula is C21H30N2O4S. The lowest BCUT2D eigenvalue weighted by Crippen LogP contribution is -2.30. The van der Waals surface area contributed by atoms with E-state index in [2.05, 4.69) is 48.2 Å². The minimum Gasteiger partial charge on any atom is -0.506 e. The fraction of sp³-hybridized carbons (Fsp3) is 0.429. The SMILES string of the molecule is Cc1ccc(CCC[C@@H](C)NC[C@H](O)c2ccc(O)c(NS(C)(=O)=O)c2)cc1. The predicted molar refractivity (Wildman–Crippen MR) is 113 cm³/mol. The Bertz CT molecular complexity index is 866. The van der Waals surface area contributed by atoms with Gasteiger partial charge in [0.15, 0.2) is 0 Å². The lowest BCUT2D eigenvalue weighted by molar-refractivity contribution is 0.170. The molecule has 0 aliphatic heterocycles. The average Bonchev–Trinajstić information content (AvgIpc) is 2.62. The van der Waals surface area contributed by atoms with Gasteiger partial charge in [0, 0.05) is 12.6 Å². The van der Waals surface area contributed by atoms with Gasteiger partial charge in [-0.1, -0.05) is 35.9 Å². The topological polar surface area (TPSA) is 98.7 Å². The minimum absolute atomic E-state index is 0.0604. The van der Waals surface area contributed by atoms with E-state index in [9.17, 15) is 18.6 Å². The summed E-state index contributed by atoms with van der Waals surface area (Å²) in [6.07, 6.45) is 3.26. The van der Waals surface area contributed by atoms with Crippen LogP contribution in [-0.2, 0) is 16.4 Å². The van der Waals surface area contributed by atoms with E-state index < -0.39 is 16.1 Å². The van der Waals surface area contributed by atoms with E-state index in [1.807, 2.05) is 0 Å². The first-order valence-corrected chi connectivity index (χ1v) is 11.3. The van der Waals surface area contributed by atoms with E-state index in [1.165, 1.54) is 23.3 Å². The molecule has 28 heavy (non-hydrogen) atoms. The van der Waals surface area contributed by atoms with Crippen molar-refractivity contribution in [2.75, 3.05) is 17.5 Å². The maximum atomic E-state index is 11.4. The molecule has 2 aromatic rings. The molecular weight excluding hydrogens is 376 g/mol. The fourth-order valence-corrected chi connectivity index (χ4v) is 3.51. The fourth-order valence-electron chi connectivity index (χ4n) is 2.94. The smallest absolute Gasteiger partial charge is 0.229 e. The monoisotopic (exact) mass is 406 g/mol. The largest absolute Gasteiger partial charge is 0.506 e. The number of hydrogen-bond donors (Lipinski definition) is 4. The van der Waals surface area contributed by atoms with Crippen molar-refractivity contribution in [2.45, 2.75) is 45.3 Å². The molecule has 0 saturated heterocycles. The maximum absolute atomic E-state index is 11.4. The summed E-state index contributed by atoms with van der Waals surface area (Å²) in [7, 11) is -3.51. The predicted octanol–water partition coefficient (Wildman–Crippen LogP) is 3.11. The number of nitrogens with one attached hydrogen (secondary N) is 2. The Morgan fingerprint density at radius 3 is 2.43 bits per heavy atom. The zero-order valence-corrected chi connectivity index (χ0v) is 17.5. The molecule has 0 saturated carbocycles. The molecule has 0 amide bonds. The number of phenols is 1. The van der Waals surface area contributed by atoms with Crippen LogP contribution in [0.1, 0.15) is 42.6 Å². The molecule has 0 bridgehead atoms. The van der Waals surface area contributed by atoms with Crippen molar-refractivity contribution in [3.63, 3.8) is 0 Å². The number of anilines is 1. The van der Waals surface area contributed by atoms with Crippen LogP contribution >= 0.6 is 0 Å². The number of aliphatic hydroxyl groups is 1. The first-order valence-electron chi connectivity index (χ1n) is 9.42. The van der Waals surface area contributed by atoms with Crippen LogP contribution in [0.4, 0.5) is 5.69 Å². The lowest BCUT2D eigenvalue weighted by Gasteiger charge is -2.18. The van der Waals surface area contributed by atoms with Crippen molar-refractivity contribution in [3.05, 3.63) is 59.2 Å². The first-order chi connectivity index (χ1) is 13.1. The van der Waals surface area contributed by atoms with Crippen LogP contribution in [0.5, 0.6) is 5.75 Å². The third-order valence-electron chi connectivity index (χ3n) is 4.58. The van der Waals surface area contributed by atoms with E-state index in [0.29, 0.717) is 12.1 Å². The van der Waals surface area contributed by atoms with Gasteiger partial charge >= 0.3 is 0 Å². The summed E-state index contributed by atoms with van der Waals surface area (Å²) in [5.41, 5.74) is 3.18. The van der Waals surface area contributed by atoms with Crippen LogP contribution in [0.2, 0.25) is 0 Å². The highest BCUT2D eigenvalue weighted by molar-refractivity contribution is 7.92. The second-order valence-electron chi connectivity index (χ2n) is 7.35. The summed E-state index contributed by atoms with van der Waals surface area (Å²) in [6, 6.07) is 13.2. The van der Waals surface area contributed by atoms with Crippen LogP contribution in [0, 0.1) is 6.92 Å². The molecule has 2 atom stereocenters. The molecule has 0 spiro atoms. The molecule has 0 aliphatic rings. The Hall–Kier alpha value is -2.09. The van der Waals surface area contributed by atoms with E-state index in [0.717, 1.165) is 25.5 Å². The highest BCUT2D eigenvalue weighted by Crippen LogP contribution is 2.27. The third kappa shape index (κ3) is 7.50. The van der Waals surface area contributed by atoms with Gasteiger partial charge in [0.1, 0.15) is 5.75 Å². The van der Waals surface area contributed by atoms with Gasteiger partial charge in [-0.05, 0) is 56.4 Å². The normalized spacial score (nSPS) is 13.9. The van der Waals surface area contributed by atoms with E-state index in [4.69, 9.17) is 0 Å². The summed E-state index contributed by atoms with van der Waals surface area (Å²) in [6.45, 7) is 4.50. The van der Waals surface area contributed by atoms with Crippen LogP contribution in [0.3, 0.4) is 0 Å². The van der Waals surface area contributed by atoms with Gasteiger partial charge in [0.25, 0.3) is 0 Å². The summed E-state index contributed by atoms with van der Waals surface area (Å²) >= 11 is 0. The number of aliphatic hydroxyl groups excluding tert-OH is 1. The Morgan fingerprint density at radius 1 is 1.11 bits per heavy atom. The summed E-state index contributed by atoms with van der Waals surface area (Å²) in [5, 5.41) is 23.5. The Labute approximate surface area is 167 Å². The summed E-state index contributed by atoms with van der Waals surface area (Å²) in [4.78, 5) is 0. The van der Waals surface area contributed by atoms with E-state index in [1.54, 1.807) is 6.07 Å². The summed E-state index contributed by atoms with van der Waals surface area (Å²) < 4.78 is 25.0. The number of phenolic OH excluding ortho intramolecular Hbond substituents is 1. The van der Waals surface area contributed by atoms with Gasteiger partial charge in [-0.3, -0.25) is 4.72 Å². The van der Waals surface area contributed by atoms with Crippen molar-refractivity contribution >= 4 is 15.7 Å². The van der Waals surface area contributed by atoms with Gasteiger partial charge in [-0.2, -0.15) is 0 Å². The highest BCUT2D eigenvalue weighted by Gasteiger charge is 2.14. The quantitative estimate of drug-likeness (QED) is 0.455. The molecule has 4 N–H and O–H groups in total. The Balaban J connectivity index is 1.81. The molecule has 6 nitrogen and oxygen atoms in total. The minimum atomic E-state index is -3.51. The van der Waals surface area contributed by atoms with E-state index >= 15 is 0 Å². The number of aryl methyl sites for hydroxylation is 2. The molecule has 2 aromatic carbocycles. The Morgan fingerprint density at radius 2 is 1.79 bits per heavy atom. The number of sulfonamides is 1. The zero-order valence-electron chi connectivity index (χ0n) is 16.6. The number of benzene rings is 2. The second kappa shape index (κ2) is 9.91. The van der Waals surface area contributed by atoms with Gasteiger partial charge in [0.05, 0.1) is 18.0 Å². The number of hydrogen-bond acceptors (Lipinski definition) is 5. The van der Waals surface area contributed by atoms with Crippen LogP contribution < -0.4 is 10.0 Å². The molecule has 0 fully saturated rings. The highest BCUT2D eigenvalue weighted by atomic mass is 32.2. The van der Waals surface area contributed by atoms with Gasteiger partial charge in [-0.25, -0.2) is 8.42 Å². The zero-order chi connectivity index (χ0) is 20.7. The van der Waals surface area contributed by atoms with Crippen molar-refractivity contribution < 1.29 is 18.6 Å². The molecule has 0 radical (unpaired) electrons. The molecule has 154 valence electrons.